The van der Waals surface area contributed by atoms with Crippen molar-refractivity contribution in [2.24, 2.45) is 5.73 Å². The summed E-state index contributed by atoms with van der Waals surface area (Å²) in [6.07, 6.45) is 2.05. The summed E-state index contributed by atoms with van der Waals surface area (Å²) in [6.45, 7) is 4.59. The fraction of sp³-hybridized carbons (Fsp3) is 0.909. The van der Waals surface area contributed by atoms with Crippen LogP contribution in [0, 0.1) is 0 Å². The highest BCUT2D eigenvalue weighted by Crippen LogP contribution is 2.27. The number of nitrogens with zero attached hydrogens (tertiary/aromatic N) is 1. The molecule has 1 rings (SSSR count). The first-order chi connectivity index (χ1) is 8.27. The van der Waals surface area contributed by atoms with Crippen molar-refractivity contribution in [2.45, 2.75) is 44.0 Å². The Morgan fingerprint density at radius 2 is 2.22 bits per heavy atom. The molecular weight excluding hydrogens is 272 g/mol. The molecule has 1 aliphatic heterocycles. The summed E-state index contributed by atoms with van der Waals surface area (Å²) >= 11 is 4.86. The van der Waals surface area contributed by atoms with Gasteiger partial charge in [0.15, 0.2) is 0 Å². The molecule has 1 aliphatic rings. The van der Waals surface area contributed by atoms with Crippen LogP contribution in [0.25, 0.3) is 0 Å². The largest absolute Gasteiger partial charge is 0.392 e. The Labute approximate surface area is 115 Å². The number of hydrogen-bond acceptors (Lipinski definition) is 4. The van der Waals surface area contributed by atoms with E-state index < -0.39 is 20.9 Å². The molecule has 0 bridgehead atoms. The van der Waals surface area contributed by atoms with E-state index in [1.165, 1.54) is 4.31 Å². The molecule has 0 saturated carbocycles. The molecule has 1 saturated heterocycles. The van der Waals surface area contributed by atoms with Gasteiger partial charge in [0, 0.05) is 20.2 Å². The first-order valence-electron chi connectivity index (χ1n) is 6.10. The maximum Gasteiger partial charge on any atom is 0.223 e. The molecule has 0 radical (unpaired) electrons. The van der Waals surface area contributed by atoms with Crippen LogP contribution in [0.1, 0.15) is 33.1 Å². The molecule has 18 heavy (non-hydrogen) atoms. The molecule has 0 aromatic heterocycles. The molecule has 0 spiro atoms. The quantitative estimate of drug-likeness (QED) is 0.762. The minimum absolute atomic E-state index is 0.0437. The van der Waals surface area contributed by atoms with Crippen molar-refractivity contribution in [2.75, 3.05) is 20.2 Å². The third-order valence-corrected chi connectivity index (χ3v) is 6.30. The molecule has 0 aromatic carbocycles. The fourth-order valence-electron chi connectivity index (χ4n) is 2.28. The molecule has 1 fully saturated rings. The second-order valence-corrected chi connectivity index (χ2v) is 7.52. The van der Waals surface area contributed by atoms with Crippen LogP contribution in [0.3, 0.4) is 0 Å². The van der Waals surface area contributed by atoms with Gasteiger partial charge < -0.3 is 10.5 Å². The molecule has 0 aliphatic carbocycles. The minimum atomic E-state index is -3.47. The smallest absolute Gasteiger partial charge is 0.223 e. The van der Waals surface area contributed by atoms with Gasteiger partial charge in [0.05, 0.1) is 10.6 Å². The predicted molar refractivity (Wildman–Crippen MR) is 76.0 cm³/mol. The van der Waals surface area contributed by atoms with E-state index in [0.717, 1.165) is 12.8 Å². The number of hydrogen-bond donors (Lipinski definition) is 1. The molecule has 106 valence electrons. The highest BCUT2D eigenvalue weighted by molar-refractivity contribution is 7.92. The second-order valence-electron chi connectivity index (χ2n) is 4.94. The highest BCUT2D eigenvalue weighted by atomic mass is 32.2. The van der Waals surface area contributed by atoms with Gasteiger partial charge in [0.25, 0.3) is 0 Å². The zero-order valence-electron chi connectivity index (χ0n) is 11.2. The third kappa shape index (κ3) is 3.20. The van der Waals surface area contributed by atoms with Gasteiger partial charge in [0.2, 0.25) is 10.0 Å². The Kier molecular flexibility index (Phi) is 5.11. The molecule has 0 aromatic rings. The molecule has 0 amide bonds. The number of nitrogens with two attached hydrogens (primary N) is 1. The Morgan fingerprint density at radius 3 is 2.67 bits per heavy atom. The Balaban J connectivity index is 2.95. The maximum absolute atomic E-state index is 12.5. The van der Waals surface area contributed by atoms with Gasteiger partial charge in [-0.05, 0) is 26.2 Å². The number of rotatable bonds is 5. The van der Waals surface area contributed by atoms with Gasteiger partial charge in [-0.1, -0.05) is 19.1 Å². The highest BCUT2D eigenvalue weighted by Gasteiger charge is 2.40. The van der Waals surface area contributed by atoms with E-state index in [-0.39, 0.29) is 4.99 Å². The van der Waals surface area contributed by atoms with Gasteiger partial charge >= 0.3 is 0 Å². The average molecular weight is 294 g/mol. The van der Waals surface area contributed by atoms with E-state index in [4.69, 9.17) is 22.7 Å². The monoisotopic (exact) mass is 294 g/mol. The minimum Gasteiger partial charge on any atom is -0.392 e. The van der Waals surface area contributed by atoms with Crippen LogP contribution in [-0.4, -0.2) is 48.8 Å². The van der Waals surface area contributed by atoms with Gasteiger partial charge in [-0.3, -0.25) is 0 Å². The third-order valence-electron chi connectivity index (χ3n) is 3.52. The molecule has 1 heterocycles. The number of piperidine rings is 1. The van der Waals surface area contributed by atoms with Crippen molar-refractivity contribution >= 4 is 27.2 Å². The summed E-state index contributed by atoms with van der Waals surface area (Å²) < 4.78 is 31.8. The molecular formula is C11H22N2O3S2. The van der Waals surface area contributed by atoms with E-state index in [2.05, 4.69) is 0 Å². The lowest BCUT2D eigenvalue weighted by atomic mass is 9.96. The normalized spacial score (nSPS) is 27.9. The van der Waals surface area contributed by atoms with Crippen molar-refractivity contribution in [3.05, 3.63) is 0 Å². The predicted octanol–water partition coefficient (Wildman–Crippen LogP) is 0.882. The molecule has 2 atom stereocenters. The van der Waals surface area contributed by atoms with E-state index in [0.29, 0.717) is 19.5 Å². The van der Waals surface area contributed by atoms with Crippen LogP contribution >= 0.6 is 12.2 Å². The van der Waals surface area contributed by atoms with Crippen molar-refractivity contribution < 1.29 is 13.2 Å². The topological polar surface area (TPSA) is 72.6 Å². The first-order valence-corrected chi connectivity index (χ1v) is 8.01. The van der Waals surface area contributed by atoms with Crippen molar-refractivity contribution in [1.29, 1.82) is 0 Å². The van der Waals surface area contributed by atoms with Crippen LogP contribution in [0.5, 0.6) is 0 Å². The van der Waals surface area contributed by atoms with Gasteiger partial charge in [0.1, 0.15) is 5.25 Å². The van der Waals surface area contributed by atoms with Gasteiger partial charge in [-0.25, -0.2) is 8.42 Å². The number of thiocarbonyl (C=S) groups is 1. The first kappa shape index (κ1) is 15.8. The molecule has 7 heteroatoms. The summed E-state index contributed by atoms with van der Waals surface area (Å²) in [7, 11) is -1.86. The summed E-state index contributed by atoms with van der Waals surface area (Å²) in [6, 6.07) is 0. The van der Waals surface area contributed by atoms with Crippen LogP contribution < -0.4 is 5.73 Å². The molecule has 2 unspecified atom stereocenters. The fourth-order valence-corrected chi connectivity index (χ4v) is 4.73. The SMILES string of the molecule is CCC(C(N)=S)S(=O)(=O)N1CCCC(C)(OC)C1. The van der Waals surface area contributed by atoms with Gasteiger partial charge in [-0.2, -0.15) is 4.31 Å². The Bertz CT molecular complexity index is 411. The van der Waals surface area contributed by atoms with Gasteiger partial charge in [-0.15, -0.1) is 0 Å². The zero-order chi connectivity index (χ0) is 14.0. The number of sulfonamides is 1. The lowest BCUT2D eigenvalue weighted by molar-refractivity contribution is -0.0320. The summed E-state index contributed by atoms with van der Waals surface area (Å²) in [5.74, 6) is 0. The molecule has 2 N–H and O–H groups in total. The lowest BCUT2D eigenvalue weighted by Gasteiger charge is -2.39. The van der Waals surface area contributed by atoms with Crippen molar-refractivity contribution in [3.8, 4) is 0 Å². The van der Waals surface area contributed by atoms with Crippen LogP contribution in [0.4, 0.5) is 0 Å². The van der Waals surface area contributed by atoms with E-state index >= 15 is 0 Å². The van der Waals surface area contributed by atoms with Crippen molar-refractivity contribution in [1.82, 2.24) is 4.31 Å². The van der Waals surface area contributed by atoms with E-state index in [1.807, 2.05) is 6.92 Å². The lowest BCUT2D eigenvalue weighted by Crippen LogP contribution is -2.53. The maximum atomic E-state index is 12.5. The average Bonchev–Trinajstić information content (AvgIpc) is 2.29. The Hall–Kier alpha value is -0.240. The summed E-state index contributed by atoms with van der Waals surface area (Å²) in [4.78, 5) is 0.0437. The van der Waals surface area contributed by atoms with Crippen molar-refractivity contribution in [3.63, 3.8) is 0 Å². The van der Waals surface area contributed by atoms with Crippen LogP contribution in [0.15, 0.2) is 0 Å². The van der Waals surface area contributed by atoms with Crippen LogP contribution in [0.2, 0.25) is 0 Å². The second kappa shape index (κ2) is 5.81. The van der Waals surface area contributed by atoms with E-state index in [1.54, 1.807) is 14.0 Å². The standard InChI is InChI=1S/C11H22N2O3S2/c1-4-9(10(12)17)18(14,15)13-7-5-6-11(2,8-13)16-3/h9H,4-8H2,1-3H3,(H2,12,17). The molecule has 5 nitrogen and oxygen atoms in total. The van der Waals surface area contributed by atoms with Crippen LogP contribution in [-0.2, 0) is 14.8 Å². The summed E-state index contributed by atoms with van der Waals surface area (Å²) in [5, 5.41) is -0.772. The van der Waals surface area contributed by atoms with E-state index in [9.17, 15) is 8.42 Å². The zero-order valence-corrected chi connectivity index (χ0v) is 12.8. The number of ether oxygens (including phenoxy) is 1. The number of methoxy groups -OCH3 is 1. The Morgan fingerprint density at radius 1 is 1.61 bits per heavy atom. The summed E-state index contributed by atoms with van der Waals surface area (Å²) in [5.41, 5.74) is 5.12.